The van der Waals surface area contributed by atoms with Crippen LogP contribution in [0.5, 0.6) is 0 Å². The molecular weight excluding hydrogens is 340 g/mol. The van der Waals surface area contributed by atoms with Crippen LogP contribution in [0.15, 0.2) is 22.7 Å². The molecule has 1 atom stereocenters. The van der Waals surface area contributed by atoms with Gasteiger partial charge in [-0.2, -0.15) is 0 Å². The number of hydrogen-bond donors (Lipinski definition) is 0. The fourth-order valence-electron chi connectivity index (χ4n) is 3.23. The van der Waals surface area contributed by atoms with Crippen LogP contribution in [0.3, 0.4) is 0 Å². The molecule has 108 valence electrons. The third kappa shape index (κ3) is 2.74. The van der Waals surface area contributed by atoms with E-state index in [0.717, 1.165) is 30.5 Å². The Labute approximate surface area is 133 Å². The van der Waals surface area contributed by atoms with Crippen molar-refractivity contribution in [3.05, 3.63) is 33.3 Å². The summed E-state index contributed by atoms with van der Waals surface area (Å²) in [5.41, 5.74) is 0.604. The Balaban J connectivity index is 1.81. The number of amides is 1. The third-order valence-electron chi connectivity index (χ3n) is 4.27. The van der Waals surface area contributed by atoms with Crippen molar-refractivity contribution in [2.24, 2.45) is 0 Å². The van der Waals surface area contributed by atoms with Crippen LogP contribution in [0.25, 0.3) is 0 Å². The first kappa shape index (κ1) is 14.4. The summed E-state index contributed by atoms with van der Waals surface area (Å²) in [6.07, 6.45) is 3.51. The van der Waals surface area contributed by atoms with Gasteiger partial charge in [-0.05, 0) is 53.9 Å². The zero-order valence-electron chi connectivity index (χ0n) is 11.3. The predicted molar refractivity (Wildman–Crippen MR) is 84.3 cm³/mol. The summed E-state index contributed by atoms with van der Waals surface area (Å²) in [6.45, 7) is 3.96. The van der Waals surface area contributed by atoms with Gasteiger partial charge in [-0.3, -0.25) is 9.69 Å². The van der Waals surface area contributed by atoms with Crippen LogP contribution < -0.4 is 0 Å². The molecule has 2 aliphatic rings. The number of nitrogens with zero attached hydrogens (tertiary/aromatic N) is 2. The Bertz CT molecular complexity index is 523. The molecule has 0 spiro atoms. The highest BCUT2D eigenvalue weighted by Gasteiger charge is 2.31. The number of halogens is 2. The largest absolute Gasteiger partial charge is 0.337 e. The SMILES string of the molecule is O=C(c1cccc(Br)c1Cl)N1CCCN2CCCC2C1. The summed E-state index contributed by atoms with van der Waals surface area (Å²) in [5.74, 6) is 0.0602. The topological polar surface area (TPSA) is 23.6 Å². The van der Waals surface area contributed by atoms with E-state index in [-0.39, 0.29) is 5.91 Å². The van der Waals surface area contributed by atoms with E-state index in [1.165, 1.54) is 19.4 Å². The summed E-state index contributed by atoms with van der Waals surface area (Å²) in [7, 11) is 0. The molecule has 2 heterocycles. The summed E-state index contributed by atoms with van der Waals surface area (Å²) in [4.78, 5) is 17.2. The molecule has 0 radical (unpaired) electrons. The molecule has 0 saturated carbocycles. The fraction of sp³-hybridized carbons (Fsp3) is 0.533. The molecule has 20 heavy (non-hydrogen) atoms. The van der Waals surface area contributed by atoms with Gasteiger partial charge in [-0.1, -0.05) is 17.7 Å². The molecule has 3 rings (SSSR count). The highest BCUT2D eigenvalue weighted by molar-refractivity contribution is 9.10. The maximum absolute atomic E-state index is 12.7. The van der Waals surface area contributed by atoms with Gasteiger partial charge in [0.15, 0.2) is 0 Å². The highest BCUT2D eigenvalue weighted by Crippen LogP contribution is 2.28. The van der Waals surface area contributed by atoms with Crippen molar-refractivity contribution in [1.82, 2.24) is 9.80 Å². The average Bonchev–Trinajstić information content (AvgIpc) is 2.78. The van der Waals surface area contributed by atoms with E-state index in [0.29, 0.717) is 16.6 Å². The second-order valence-corrected chi connectivity index (χ2v) is 6.77. The molecule has 3 nitrogen and oxygen atoms in total. The number of fused-ring (bicyclic) bond motifs is 1. The van der Waals surface area contributed by atoms with Gasteiger partial charge in [-0.15, -0.1) is 0 Å². The highest BCUT2D eigenvalue weighted by atomic mass is 79.9. The lowest BCUT2D eigenvalue weighted by atomic mass is 10.1. The quantitative estimate of drug-likeness (QED) is 0.769. The van der Waals surface area contributed by atoms with Crippen molar-refractivity contribution in [2.75, 3.05) is 26.2 Å². The van der Waals surface area contributed by atoms with Crippen LogP contribution in [0.4, 0.5) is 0 Å². The summed E-state index contributed by atoms with van der Waals surface area (Å²) < 4.78 is 0.780. The monoisotopic (exact) mass is 356 g/mol. The van der Waals surface area contributed by atoms with Gasteiger partial charge in [0.2, 0.25) is 0 Å². The minimum atomic E-state index is 0.0602. The number of carbonyl (C=O) groups excluding carboxylic acids is 1. The van der Waals surface area contributed by atoms with Crippen molar-refractivity contribution in [1.29, 1.82) is 0 Å². The standard InChI is InChI=1S/C15H18BrClN2O/c16-13-6-1-5-12(14(13)17)15(20)19-9-3-8-18-7-2-4-11(18)10-19/h1,5-6,11H,2-4,7-10H2. The van der Waals surface area contributed by atoms with Crippen molar-refractivity contribution >= 4 is 33.4 Å². The van der Waals surface area contributed by atoms with Gasteiger partial charge in [-0.25, -0.2) is 0 Å². The first-order valence-corrected chi connectivity index (χ1v) is 8.31. The minimum absolute atomic E-state index is 0.0602. The van der Waals surface area contributed by atoms with E-state index in [2.05, 4.69) is 20.8 Å². The van der Waals surface area contributed by atoms with Gasteiger partial charge in [0, 0.05) is 30.1 Å². The molecule has 1 aromatic rings. The summed E-state index contributed by atoms with van der Waals surface area (Å²) >= 11 is 9.64. The smallest absolute Gasteiger partial charge is 0.255 e. The van der Waals surface area contributed by atoms with Crippen LogP contribution in [-0.2, 0) is 0 Å². The Morgan fingerprint density at radius 3 is 2.90 bits per heavy atom. The Morgan fingerprint density at radius 1 is 1.25 bits per heavy atom. The predicted octanol–water partition coefficient (Wildman–Crippen LogP) is 3.41. The lowest BCUT2D eigenvalue weighted by Crippen LogP contribution is -2.39. The second kappa shape index (κ2) is 6.04. The Hall–Kier alpha value is -0.580. The van der Waals surface area contributed by atoms with Gasteiger partial charge >= 0.3 is 0 Å². The third-order valence-corrected chi connectivity index (χ3v) is 5.57. The molecule has 0 bridgehead atoms. The van der Waals surface area contributed by atoms with Gasteiger partial charge in [0.05, 0.1) is 10.6 Å². The molecule has 2 saturated heterocycles. The maximum Gasteiger partial charge on any atom is 0.255 e. The van der Waals surface area contributed by atoms with E-state index in [1.54, 1.807) is 0 Å². The van der Waals surface area contributed by atoms with E-state index >= 15 is 0 Å². The summed E-state index contributed by atoms with van der Waals surface area (Å²) in [5, 5.41) is 0.519. The first-order chi connectivity index (χ1) is 9.66. The van der Waals surface area contributed by atoms with Gasteiger partial charge < -0.3 is 4.90 Å². The molecular formula is C15H18BrClN2O. The summed E-state index contributed by atoms with van der Waals surface area (Å²) in [6, 6.07) is 6.07. The molecule has 0 aromatic heterocycles. The van der Waals surface area contributed by atoms with Crippen LogP contribution in [-0.4, -0.2) is 47.9 Å². The lowest BCUT2D eigenvalue weighted by Gasteiger charge is -2.26. The number of rotatable bonds is 1. The number of hydrogen-bond acceptors (Lipinski definition) is 2. The lowest BCUT2D eigenvalue weighted by molar-refractivity contribution is 0.0743. The van der Waals surface area contributed by atoms with Gasteiger partial charge in [0.25, 0.3) is 5.91 Å². The Morgan fingerprint density at radius 2 is 2.05 bits per heavy atom. The van der Waals surface area contributed by atoms with Crippen LogP contribution in [0.2, 0.25) is 5.02 Å². The first-order valence-electron chi connectivity index (χ1n) is 7.14. The normalized spacial score (nSPS) is 23.5. The second-order valence-electron chi connectivity index (χ2n) is 5.54. The van der Waals surface area contributed by atoms with Crippen LogP contribution >= 0.6 is 27.5 Å². The van der Waals surface area contributed by atoms with E-state index in [1.807, 2.05) is 23.1 Å². The molecule has 1 amide bonds. The van der Waals surface area contributed by atoms with Crippen molar-refractivity contribution in [2.45, 2.75) is 25.3 Å². The van der Waals surface area contributed by atoms with Crippen molar-refractivity contribution in [3.8, 4) is 0 Å². The van der Waals surface area contributed by atoms with Crippen LogP contribution in [0, 0.1) is 0 Å². The molecule has 1 unspecified atom stereocenters. The molecule has 5 heteroatoms. The molecule has 0 N–H and O–H groups in total. The molecule has 0 aliphatic carbocycles. The zero-order valence-corrected chi connectivity index (χ0v) is 13.7. The molecule has 2 fully saturated rings. The van der Waals surface area contributed by atoms with E-state index < -0.39 is 0 Å². The number of carbonyl (C=O) groups is 1. The van der Waals surface area contributed by atoms with Gasteiger partial charge in [0.1, 0.15) is 0 Å². The molecule has 2 aliphatic heterocycles. The average molecular weight is 358 g/mol. The minimum Gasteiger partial charge on any atom is -0.337 e. The van der Waals surface area contributed by atoms with E-state index in [4.69, 9.17) is 11.6 Å². The fourth-order valence-corrected chi connectivity index (χ4v) is 3.80. The Kier molecular flexibility index (Phi) is 4.34. The van der Waals surface area contributed by atoms with Crippen LogP contribution in [0.1, 0.15) is 29.6 Å². The van der Waals surface area contributed by atoms with Crippen molar-refractivity contribution in [3.63, 3.8) is 0 Å². The maximum atomic E-state index is 12.7. The van der Waals surface area contributed by atoms with E-state index in [9.17, 15) is 4.79 Å². The zero-order chi connectivity index (χ0) is 14.1. The molecule has 1 aromatic carbocycles. The van der Waals surface area contributed by atoms with Crippen molar-refractivity contribution < 1.29 is 4.79 Å². The number of benzene rings is 1.